The standard InChI is InChI=1S/C55H70FN9O11S/c1-8-21-64(22-9-2)23-15-14-19-43(62-51(69)48(34(4)5)63-46(66)20-13-11-12-17-36-28-58-54(59-29-36)77(7,73)74)50(68)57-30-47(67)60-33-75-24-16-18-37-38-25-35(6)42(56)27-44(38)61-49-39(37)31-65-45(49)26-41-40(52(65)70)32-76-53(71)55(41,72)10-3/h16,18,25-29,34,43,48,72H,8-11,13-15,19-24,30-33H2,1-7H3,(H,57,68)(H,60,67)(H,62,69)(H,63,66)/b18-16+/t43-,48-,55-/m0/s1. The Morgan fingerprint density at radius 1 is 0.974 bits per heavy atom. The summed E-state index contributed by atoms with van der Waals surface area (Å²) >= 11 is 0. The van der Waals surface area contributed by atoms with Gasteiger partial charge < -0.3 is 45.3 Å². The van der Waals surface area contributed by atoms with E-state index in [0.29, 0.717) is 63.8 Å². The molecule has 1 aromatic carbocycles. The second-order valence-electron chi connectivity index (χ2n) is 19.7. The van der Waals surface area contributed by atoms with Crippen LogP contribution >= 0.6 is 0 Å². The number of esters is 1. The summed E-state index contributed by atoms with van der Waals surface area (Å²) in [6, 6.07) is 2.61. The molecule has 0 unspecified atom stereocenters. The molecule has 4 amide bonds. The Kier molecular flexibility index (Phi) is 20.7. The summed E-state index contributed by atoms with van der Waals surface area (Å²) in [5, 5.41) is 22.5. The van der Waals surface area contributed by atoms with Crippen LogP contribution in [0.1, 0.15) is 126 Å². The summed E-state index contributed by atoms with van der Waals surface area (Å²) in [5.74, 6) is 2.05. The number of nitrogens with zero attached hydrogens (tertiary/aromatic N) is 5. The van der Waals surface area contributed by atoms with Crippen molar-refractivity contribution in [2.75, 3.05) is 45.8 Å². The molecule has 3 aromatic heterocycles. The van der Waals surface area contributed by atoms with Gasteiger partial charge in [-0.1, -0.05) is 58.6 Å². The van der Waals surface area contributed by atoms with E-state index in [1.165, 1.54) is 23.0 Å². The molecular weight excluding hydrogens is 1010 g/mol. The van der Waals surface area contributed by atoms with Gasteiger partial charge in [-0.15, -0.1) is 0 Å². The van der Waals surface area contributed by atoms with Gasteiger partial charge in [0, 0.05) is 54.1 Å². The smallest absolute Gasteiger partial charge is 0.343 e. The number of ether oxygens (including phenoxy) is 2. The van der Waals surface area contributed by atoms with Gasteiger partial charge >= 0.3 is 5.97 Å². The number of pyridine rings is 2. The van der Waals surface area contributed by atoms with Crippen LogP contribution in [0.4, 0.5) is 4.39 Å². The highest BCUT2D eigenvalue weighted by Gasteiger charge is 2.45. The van der Waals surface area contributed by atoms with Crippen LogP contribution < -0.4 is 26.8 Å². The minimum Gasteiger partial charge on any atom is -0.458 e. The minimum absolute atomic E-state index is 0.0144. The van der Waals surface area contributed by atoms with E-state index in [1.807, 2.05) is 0 Å². The number of amides is 4. The number of unbranched alkanes of at least 4 members (excludes halogenated alkanes) is 2. The molecule has 0 fully saturated rings. The Morgan fingerprint density at radius 3 is 2.38 bits per heavy atom. The number of nitrogens with one attached hydrogen (secondary N) is 4. The molecule has 6 rings (SSSR count). The van der Waals surface area contributed by atoms with Crippen molar-refractivity contribution in [3.63, 3.8) is 0 Å². The van der Waals surface area contributed by atoms with Crippen LogP contribution in [0.2, 0.25) is 0 Å². The Morgan fingerprint density at radius 2 is 1.70 bits per heavy atom. The predicted molar refractivity (Wildman–Crippen MR) is 286 cm³/mol. The molecule has 2 aliphatic heterocycles. The van der Waals surface area contributed by atoms with E-state index in [-0.39, 0.29) is 73.9 Å². The van der Waals surface area contributed by atoms with Gasteiger partial charge in [0.15, 0.2) is 5.60 Å². The first-order valence-electron chi connectivity index (χ1n) is 26.1. The molecule has 0 radical (unpaired) electrons. The number of aliphatic hydroxyl groups is 1. The third kappa shape index (κ3) is 15.0. The van der Waals surface area contributed by atoms with Gasteiger partial charge in [0.25, 0.3) is 5.56 Å². The van der Waals surface area contributed by atoms with Gasteiger partial charge in [-0.3, -0.25) is 24.0 Å². The first kappa shape index (κ1) is 59.3. The van der Waals surface area contributed by atoms with Crippen molar-refractivity contribution < 1.29 is 51.4 Å². The van der Waals surface area contributed by atoms with Crippen molar-refractivity contribution >= 4 is 56.4 Å². The fourth-order valence-electron chi connectivity index (χ4n) is 9.24. The number of aromatic nitrogens is 4. The maximum absolute atomic E-state index is 15.0. The number of cyclic esters (lactones) is 1. The molecule has 0 saturated carbocycles. The van der Waals surface area contributed by atoms with Crippen molar-refractivity contribution in [1.29, 1.82) is 0 Å². The van der Waals surface area contributed by atoms with E-state index in [2.05, 4.69) is 61.8 Å². The molecular formula is C55H70FN9O11S. The van der Waals surface area contributed by atoms with Crippen molar-refractivity contribution in [2.24, 2.45) is 5.92 Å². The van der Waals surface area contributed by atoms with Crippen molar-refractivity contribution in [2.45, 2.75) is 135 Å². The largest absolute Gasteiger partial charge is 0.458 e. The lowest BCUT2D eigenvalue weighted by Crippen LogP contribution is -2.56. The molecule has 4 aromatic rings. The summed E-state index contributed by atoms with van der Waals surface area (Å²) in [6.07, 6.45) is 11.5. The van der Waals surface area contributed by atoms with Gasteiger partial charge in [0.2, 0.25) is 38.6 Å². The van der Waals surface area contributed by atoms with Crippen LogP contribution in [0.25, 0.3) is 28.4 Å². The van der Waals surface area contributed by atoms with E-state index >= 15 is 0 Å². The van der Waals surface area contributed by atoms with Crippen LogP contribution in [-0.4, -0.2) is 125 Å². The highest BCUT2D eigenvalue weighted by Crippen LogP contribution is 2.41. The minimum atomic E-state index is -3.54. The summed E-state index contributed by atoms with van der Waals surface area (Å²) in [7, 11) is -3.54. The zero-order valence-electron chi connectivity index (χ0n) is 44.8. The second-order valence-corrected chi connectivity index (χ2v) is 21.6. The molecule has 5 heterocycles. The molecule has 2 aliphatic rings. The molecule has 0 aliphatic carbocycles. The van der Waals surface area contributed by atoms with E-state index < -0.39 is 69.1 Å². The Labute approximate surface area is 448 Å². The number of rotatable bonds is 26. The van der Waals surface area contributed by atoms with Gasteiger partial charge in [0.1, 0.15) is 31.2 Å². The third-order valence-electron chi connectivity index (χ3n) is 13.4. The lowest BCUT2D eigenvalue weighted by molar-refractivity contribution is -0.172. The molecule has 0 saturated heterocycles. The van der Waals surface area contributed by atoms with Crippen molar-refractivity contribution in [3.8, 4) is 23.2 Å². The van der Waals surface area contributed by atoms with Crippen LogP contribution in [0, 0.1) is 30.5 Å². The first-order valence-corrected chi connectivity index (χ1v) is 28.0. The molecule has 0 spiro atoms. The zero-order chi connectivity index (χ0) is 56.0. The average molecular weight is 1080 g/mol. The SMILES string of the molecule is CCCN(CCC)CCCC[C@H](NC(=O)[C@@H](NC(=O)CCCC#Cc1cnc(S(C)(=O)=O)nc1)C(C)C)C(=O)NCC(=O)NCOC/C=C/c1c2c(nc3cc(F)c(C)cc13)-c1cc3c(c(=O)n1C2)COC(=O)[C@]3(O)CC. The third-order valence-corrected chi connectivity index (χ3v) is 14.3. The van der Waals surface area contributed by atoms with E-state index in [0.717, 1.165) is 45.2 Å². The quantitative estimate of drug-likeness (QED) is 0.0172. The van der Waals surface area contributed by atoms with Crippen LogP contribution in [0.3, 0.4) is 0 Å². The first-order chi connectivity index (χ1) is 36.7. The number of hydrogen-bond acceptors (Lipinski definition) is 15. The topological polar surface area (TPSA) is 270 Å². The van der Waals surface area contributed by atoms with Crippen LogP contribution in [0.5, 0.6) is 0 Å². The number of hydrogen-bond donors (Lipinski definition) is 5. The fraction of sp³-hybridized carbons (Fsp3) is 0.509. The normalized spacial score (nSPS) is 15.5. The molecule has 5 N–H and O–H groups in total. The number of fused-ring (bicyclic) bond motifs is 5. The van der Waals surface area contributed by atoms with E-state index in [4.69, 9.17) is 14.5 Å². The number of sulfone groups is 1. The highest BCUT2D eigenvalue weighted by atomic mass is 32.2. The summed E-state index contributed by atoms with van der Waals surface area (Å²) in [5.41, 5.74) is 1.09. The predicted octanol–water partition coefficient (Wildman–Crippen LogP) is 4.08. The van der Waals surface area contributed by atoms with E-state index in [1.54, 1.807) is 52.0 Å². The Balaban J connectivity index is 1.04. The van der Waals surface area contributed by atoms with Gasteiger partial charge in [-0.25, -0.2) is 32.6 Å². The zero-order valence-corrected chi connectivity index (χ0v) is 45.7. The second kappa shape index (κ2) is 26.9. The number of carbonyl (C=O) groups excluding carboxylic acids is 5. The van der Waals surface area contributed by atoms with Gasteiger partial charge in [-0.05, 0) is 101 Å². The fourth-order valence-corrected chi connectivity index (χ4v) is 9.73. The van der Waals surface area contributed by atoms with Gasteiger partial charge in [-0.2, -0.15) is 0 Å². The molecule has 3 atom stereocenters. The van der Waals surface area contributed by atoms with Gasteiger partial charge in [0.05, 0.1) is 47.7 Å². The number of carbonyl (C=O) groups is 5. The molecule has 77 heavy (non-hydrogen) atoms. The summed E-state index contributed by atoms with van der Waals surface area (Å²) in [4.78, 5) is 94.8. The molecule has 0 bridgehead atoms. The molecule has 22 heteroatoms. The number of halogens is 1. The van der Waals surface area contributed by atoms with Crippen molar-refractivity contribution in [1.82, 2.24) is 45.7 Å². The Hall–Kier alpha value is -6.93. The maximum atomic E-state index is 15.0. The summed E-state index contributed by atoms with van der Waals surface area (Å²) < 4.78 is 50.6. The lowest BCUT2D eigenvalue weighted by Gasteiger charge is -2.31. The maximum Gasteiger partial charge on any atom is 0.343 e. The highest BCUT2D eigenvalue weighted by molar-refractivity contribution is 7.90. The van der Waals surface area contributed by atoms with Crippen LogP contribution in [-0.2, 0) is 62.0 Å². The monoisotopic (exact) mass is 1080 g/mol. The lowest BCUT2D eigenvalue weighted by atomic mass is 9.86. The molecule has 414 valence electrons. The molecule has 20 nitrogen and oxygen atoms in total. The van der Waals surface area contributed by atoms with Crippen molar-refractivity contribution in [3.05, 3.63) is 86.2 Å². The van der Waals surface area contributed by atoms with E-state index in [9.17, 15) is 46.7 Å². The Bertz CT molecular complexity index is 3110. The van der Waals surface area contributed by atoms with Crippen LogP contribution in [0.15, 0.2) is 46.6 Å². The summed E-state index contributed by atoms with van der Waals surface area (Å²) in [6.45, 7) is 13.0. The number of benzene rings is 1. The average Bonchev–Trinajstić information content (AvgIpc) is 3.76. The number of aryl methyl sites for hydroxylation is 1.